The molecule has 0 spiro atoms. The van der Waals surface area contributed by atoms with Crippen molar-refractivity contribution in [3.8, 4) is 0 Å². The lowest BCUT2D eigenvalue weighted by Crippen LogP contribution is -2.35. The summed E-state index contributed by atoms with van der Waals surface area (Å²) < 4.78 is 0. The Labute approximate surface area is 159 Å². The molecular formula is C20H28N4OS. The van der Waals surface area contributed by atoms with Crippen LogP contribution in [0.1, 0.15) is 47.5 Å². The van der Waals surface area contributed by atoms with E-state index in [-0.39, 0.29) is 5.91 Å². The van der Waals surface area contributed by atoms with Crippen molar-refractivity contribution in [2.45, 2.75) is 51.5 Å². The number of aryl methyl sites for hydroxylation is 2. The summed E-state index contributed by atoms with van der Waals surface area (Å²) in [6.07, 6.45) is 7.17. The zero-order valence-corrected chi connectivity index (χ0v) is 16.2. The van der Waals surface area contributed by atoms with E-state index in [2.05, 4.69) is 37.5 Å². The molecule has 5 nitrogen and oxygen atoms in total. The van der Waals surface area contributed by atoms with Crippen LogP contribution in [-0.2, 0) is 30.6 Å². The Morgan fingerprint density at radius 3 is 2.96 bits per heavy atom. The smallest absolute Gasteiger partial charge is 0.223 e. The third-order valence-corrected chi connectivity index (χ3v) is 6.48. The number of hydrogen-bond donors (Lipinski definition) is 1. The van der Waals surface area contributed by atoms with E-state index in [1.165, 1.54) is 29.0 Å². The van der Waals surface area contributed by atoms with E-state index in [0.717, 1.165) is 64.1 Å². The molecule has 0 aromatic carbocycles. The fourth-order valence-electron chi connectivity index (χ4n) is 4.14. The Balaban J connectivity index is 1.27. The lowest BCUT2D eigenvalue weighted by atomic mass is 9.94. The van der Waals surface area contributed by atoms with E-state index in [4.69, 9.17) is 0 Å². The summed E-state index contributed by atoms with van der Waals surface area (Å²) in [5.74, 6) is 0.288. The second-order valence-electron chi connectivity index (χ2n) is 7.42. The normalized spacial score (nSPS) is 18.5. The molecule has 2 aromatic rings. The van der Waals surface area contributed by atoms with Gasteiger partial charge in [-0.05, 0) is 49.1 Å². The molecule has 26 heavy (non-hydrogen) atoms. The van der Waals surface area contributed by atoms with Gasteiger partial charge in [0.15, 0.2) is 0 Å². The maximum Gasteiger partial charge on any atom is 0.223 e. The lowest BCUT2D eigenvalue weighted by Gasteiger charge is -2.21. The van der Waals surface area contributed by atoms with Gasteiger partial charge in [-0.25, -0.2) is 0 Å². The van der Waals surface area contributed by atoms with E-state index >= 15 is 0 Å². The summed E-state index contributed by atoms with van der Waals surface area (Å²) >= 11 is 1.82. The SMILES string of the molecule is O=C(CCc1n[nH]c2c1CCCC2)N1CCCN(Cc2cccs2)CC1. The molecule has 1 amide bonds. The van der Waals surface area contributed by atoms with Crippen LogP contribution >= 0.6 is 11.3 Å². The van der Waals surface area contributed by atoms with Gasteiger partial charge in [-0.15, -0.1) is 11.3 Å². The number of carbonyl (C=O) groups excluding carboxylic acids is 1. The molecule has 6 heteroatoms. The lowest BCUT2D eigenvalue weighted by molar-refractivity contribution is -0.131. The number of rotatable bonds is 5. The minimum absolute atomic E-state index is 0.288. The van der Waals surface area contributed by atoms with Gasteiger partial charge in [0, 0.05) is 56.1 Å². The Hall–Kier alpha value is -1.66. The molecule has 0 unspecified atom stereocenters. The molecule has 0 bridgehead atoms. The van der Waals surface area contributed by atoms with Crippen LogP contribution in [0.5, 0.6) is 0 Å². The monoisotopic (exact) mass is 372 g/mol. The Bertz CT molecular complexity index is 724. The van der Waals surface area contributed by atoms with Gasteiger partial charge in [-0.1, -0.05) is 6.07 Å². The summed E-state index contributed by atoms with van der Waals surface area (Å²) in [6, 6.07) is 4.31. The Morgan fingerprint density at radius 1 is 1.15 bits per heavy atom. The fraction of sp³-hybridized carbons (Fsp3) is 0.600. The third-order valence-electron chi connectivity index (χ3n) is 5.62. The highest BCUT2D eigenvalue weighted by molar-refractivity contribution is 7.09. The van der Waals surface area contributed by atoms with Crippen molar-refractivity contribution in [1.29, 1.82) is 0 Å². The van der Waals surface area contributed by atoms with Crippen molar-refractivity contribution in [3.63, 3.8) is 0 Å². The number of H-pyrrole nitrogens is 1. The Kier molecular flexibility index (Phi) is 5.70. The predicted octanol–water partition coefficient (Wildman–Crippen LogP) is 3.02. The summed E-state index contributed by atoms with van der Waals surface area (Å²) in [7, 11) is 0. The molecule has 0 atom stereocenters. The molecule has 2 aliphatic rings. The maximum absolute atomic E-state index is 12.7. The molecule has 0 saturated carbocycles. The van der Waals surface area contributed by atoms with Gasteiger partial charge in [0.1, 0.15) is 0 Å². The van der Waals surface area contributed by atoms with Crippen LogP contribution in [0, 0.1) is 0 Å². The summed E-state index contributed by atoms with van der Waals surface area (Å²) in [4.78, 5) is 18.7. The second-order valence-corrected chi connectivity index (χ2v) is 8.46. The molecule has 3 heterocycles. The van der Waals surface area contributed by atoms with Gasteiger partial charge in [-0.3, -0.25) is 14.8 Å². The number of aromatic amines is 1. The van der Waals surface area contributed by atoms with Gasteiger partial charge < -0.3 is 4.90 Å². The van der Waals surface area contributed by atoms with Crippen LogP contribution in [0.25, 0.3) is 0 Å². The molecular weight excluding hydrogens is 344 g/mol. The molecule has 1 aliphatic carbocycles. The van der Waals surface area contributed by atoms with Gasteiger partial charge in [0.2, 0.25) is 5.91 Å². The van der Waals surface area contributed by atoms with Crippen molar-refractivity contribution in [2.75, 3.05) is 26.2 Å². The number of carbonyl (C=O) groups is 1. The van der Waals surface area contributed by atoms with Crippen molar-refractivity contribution in [2.24, 2.45) is 0 Å². The van der Waals surface area contributed by atoms with Crippen molar-refractivity contribution in [1.82, 2.24) is 20.0 Å². The molecule has 2 aromatic heterocycles. The van der Waals surface area contributed by atoms with Crippen molar-refractivity contribution >= 4 is 17.2 Å². The molecule has 1 saturated heterocycles. The number of nitrogens with zero attached hydrogens (tertiary/aromatic N) is 3. The highest BCUT2D eigenvalue weighted by Crippen LogP contribution is 2.23. The van der Waals surface area contributed by atoms with Gasteiger partial charge in [0.05, 0.1) is 5.69 Å². The van der Waals surface area contributed by atoms with Crippen LogP contribution in [0.3, 0.4) is 0 Å². The number of fused-ring (bicyclic) bond motifs is 1. The van der Waals surface area contributed by atoms with Crippen LogP contribution in [0.15, 0.2) is 17.5 Å². The number of nitrogens with one attached hydrogen (secondary N) is 1. The molecule has 0 radical (unpaired) electrons. The molecule has 1 N–H and O–H groups in total. The van der Waals surface area contributed by atoms with Crippen molar-refractivity contribution in [3.05, 3.63) is 39.3 Å². The van der Waals surface area contributed by atoms with Crippen LogP contribution in [0.2, 0.25) is 0 Å². The fourth-order valence-corrected chi connectivity index (χ4v) is 4.89. The number of hydrogen-bond acceptors (Lipinski definition) is 4. The van der Waals surface area contributed by atoms with E-state index in [1.807, 2.05) is 11.3 Å². The summed E-state index contributed by atoms with van der Waals surface area (Å²) in [5, 5.41) is 9.81. The maximum atomic E-state index is 12.7. The third kappa shape index (κ3) is 4.18. The van der Waals surface area contributed by atoms with Crippen LogP contribution in [-0.4, -0.2) is 52.1 Å². The van der Waals surface area contributed by atoms with Crippen LogP contribution in [0.4, 0.5) is 0 Å². The standard InChI is InChI=1S/C20H28N4OS/c25-20(9-8-19-17-6-1-2-7-18(17)21-22-19)24-11-4-10-23(12-13-24)15-16-5-3-14-26-16/h3,5,14H,1-2,4,6-13,15H2,(H,21,22). The quantitative estimate of drug-likeness (QED) is 0.878. The molecule has 1 aliphatic heterocycles. The van der Waals surface area contributed by atoms with Gasteiger partial charge in [0.25, 0.3) is 0 Å². The largest absolute Gasteiger partial charge is 0.341 e. The van der Waals surface area contributed by atoms with Gasteiger partial charge >= 0.3 is 0 Å². The zero-order valence-electron chi connectivity index (χ0n) is 15.4. The van der Waals surface area contributed by atoms with E-state index in [9.17, 15) is 4.79 Å². The summed E-state index contributed by atoms with van der Waals surface area (Å²) in [5.41, 5.74) is 3.82. The summed E-state index contributed by atoms with van der Waals surface area (Å²) in [6.45, 7) is 4.80. The average Bonchev–Trinajstić information content (AvgIpc) is 3.25. The van der Waals surface area contributed by atoms with E-state index in [1.54, 1.807) is 0 Å². The number of aromatic nitrogens is 2. The van der Waals surface area contributed by atoms with Crippen molar-refractivity contribution < 1.29 is 4.79 Å². The average molecular weight is 373 g/mol. The highest BCUT2D eigenvalue weighted by atomic mass is 32.1. The highest BCUT2D eigenvalue weighted by Gasteiger charge is 2.21. The predicted molar refractivity (Wildman–Crippen MR) is 104 cm³/mol. The molecule has 140 valence electrons. The first-order valence-corrected chi connectivity index (χ1v) is 10.7. The number of thiophene rings is 1. The van der Waals surface area contributed by atoms with E-state index < -0.39 is 0 Å². The first-order valence-electron chi connectivity index (χ1n) is 9.87. The first-order chi connectivity index (χ1) is 12.8. The molecule has 4 rings (SSSR count). The number of amides is 1. The minimum atomic E-state index is 0.288. The topological polar surface area (TPSA) is 52.2 Å². The minimum Gasteiger partial charge on any atom is -0.341 e. The van der Waals surface area contributed by atoms with E-state index in [0.29, 0.717) is 6.42 Å². The van der Waals surface area contributed by atoms with Gasteiger partial charge in [-0.2, -0.15) is 5.10 Å². The Morgan fingerprint density at radius 2 is 2.08 bits per heavy atom. The molecule has 1 fully saturated rings. The second kappa shape index (κ2) is 8.35. The van der Waals surface area contributed by atoms with Crippen LogP contribution < -0.4 is 0 Å². The zero-order chi connectivity index (χ0) is 17.8. The first kappa shape index (κ1) is 17.7.